The Bertz CT molecular complexity index is 746. The maximum atomic E-state index is 5.66. The van der Waals surface area contributed by atoms with Gasteiger partial charge in [0.1, 0.15) is 11.6 Å². The van der Waals surface area contributed by atoms with E-state index in [-0.39, 0.29) is 0 Å². The fourth-order valence-electron chi connectivity index (χ4n) is 2.05. The average Bonchev–Trinajstić information content (AvgIpc) is 2.73. The molecule has 0 unspecified atom stereocenters. The van der Waals surface area contributed by atoms with Crippen LogP contribution in [0.3, 0.4) is 0 Å². The van der Waals surface area contributed by atoms with Crippen LogP contribution < -0.4 is 11.5 Å². The summed E-state index contributed by atoms with van der Waals surface area (Å²) in [5.74, 6) is 1.43. The zero-order valence-electron chi connectivity index (χ0n) is 10.9. The first-order valence-corrected chi connectivity index (χ1v) is 7.05. The summed E-state index contributed by atoms with van der Waals surface area (Å²) >= 11 is 1.47. The van der Waals surface area contributed by atoms with Crippen molar-refractivity contribution in [2.24, 2.45) is 7.05 Å². The number of rotatable bonds is 3. The molecule has 20 heavy (non-hydrogen) atoms. The molecular formula is C13H14N6S. The highest BCUT2D eigenvalue weighted by Gasteiger charge is 2.09. The Hall–Kier alpha value is -2.28. The summed E-state index contributed by atoms with van der Waals surface area (Å²) in [6.45, 7) is 0. The number of thioether (sulfide) groups is 1. The highest BCUT2D eigenvalue weighted by atomic mass is 32.2. The lowest BCUT2D eigenvalue weighted by molar-refractivity contribution is 0.781. The van der Waals surface area contributed by atoms with Crippen LogP contribution in [0.4, 0.5) is 11.6 Å². The third kappa shape index (κ3) is 2.39. The highest BCUT2D eigenvalue weighted by Crippen LogP contribution is 2.25. The fraction of sp³-hybridized carbons (Fsp3) is 0.154. The van der Waals surface area contributed by atoms with Gasteiger partial charge >= 0.3 is 0 Å². The van der Waals surface area contributed by atoms with Gasteiger partial charge in [0, 0.05) is 24.3 Å². The van der Waals surface area contributed by atoms with Gasteiger partial charge in [0.15, 0.2) is 5.16 Å². The van der Waals surface area contributed by atoms with Crippen LogP contribution in [0.15, 0.2) is 35.5 Å². The molecule has 0 saturated heterocycles. The molecule has 3 aromatic rings. The number of anilines is 2. The van der Waals surface area contributed by atoms with Gasteiger partial charge in [-0.3, -0.25) is 4.68 Å². The molecule has 0 aliphatic rings. The van der Waals surface area contributed by atoms with Crippen LogP contribution in [-0.4, -0.2) is 19.7 Å². The topological polar surface area (TPSA) is 95.6 Å². The van der Waals surface area contributed by atoms with E-state index in [1.165, 1.54) is 11.8 Å². The van der Waals surface area contributed by atoms with Crippen molar-refractivity contribution in [3.8, 4) is 0 Å². The molecular weight excluding hydrogens is 272 g/mol. The average molecular weight is 286 g/mol. The Balaban J connectivity index is 1.87. The summed E-state index contributed by atoms with van der Waals surface area (Å²) in [6, 6.07) is 9.66. The van der Waals surface area contributed by atoms with Crippen molar-refractivity contribution in [3.05, 3.63) is 36.0 Å². The molecule has 0 aliphatic carbocycles. The van der Waals surface area contributed by atoms with Gasteiger partial charge in [0.25, 0.3) is 0 Å². The van der Waals surface area contributed by atoms with Crippen LogP contribution >= 0.6 is 11.8 Å². The van der Waals surface area contributed by atoms with E-state index in [1.54, 1.807) is 6.07 Å². The summed E-state index contributed by atoms with van der Waals surface area (Å²) in [6.07, 6.45) is 0. The maximum Gasteiger partial charge on any atom is 0.191 e. The first-order chi connectivity index (χ1) is 9.63. The second kappa shape index (κ2) is 5.01. The largest absolute Gasteiger partial charge is 0.383 e. The monoisotopic (exact) mass is 286 g/mol. The van der Waals surface area contributed by atoms with E-state index in [9.17, 15) is 0 Å². The molecule has 1 aromatic carbocycles. The van der Waals surface area contributed by atoms with Gasteiger partial charge in [-0.25, -0.2) is 9.97 Å². The smallest absolute Gasteiger partial charge is 0.191 e. The Kier molecular flexibility index (Phi) is 3.19. The second-order valence-corrected chi connectivity index (χ2v) is 5.32. The number of hydrogen-bond acceptors (Lipinski definition) is 6. The summed E-state index contributed by atoms with van der Waals surface area (Å²) in [4.78, 5) is 8.30. The fourth-order valence-corrected chi connectivity index (χ4v) is 2.87. The van der Waals surface area contributed by atoms with Crippen molar-refractivity contribution in [1.82, 2.24) is 19.7 Å². The van der Waals surface area contributed by atoms with E-state index in [0.717, 1.165) is 16.6 Å². The summed E-state index contributed by atoms with van der Waals surface area (Å²) in [5.41, 5.74) is 13.4. The van der Waals surface area contributed by atoms with E-state index < -0.39 is 0 Å². The molecule has 102 valence electrons. The van der Waals surface area contributed by atoms with Gasteiger partial charge in [0.05, 0.1) is 11.2 Å². The number of nitrogens with two attached hydrogens (primary N) is 2. The van der Waals surface area contributed by atoms with E-state index in [1.807, 2.05) is 29.9 Å². The zero-order chi connectivity index (χ0) is 14.1. The lowest BCUT2D eigenvalue weighted by Gasteiger charge is -2.01. The van der Waals surface area contributed by atoms with Crippen molar-refractivity contribution in [3.63, 3.8) is 0 Å². The second-order valence-electron chi connectivity index (χ2n) is 4.38. The van der Waals surface area contributed by atoms with Crippen LogP contribution in [0, 0.1) is 0 Å². The van der Waals surface area contributed by atoms with Crippen LogP contribution in [0.25, 0.3) is 10.9 Å². The molecule has 4 N–H and O–H groups in total. The number of fused-ring (bicyclic) bond motifs is 1. The minimum absolute atomic E-state index is 0.380. The Morgan fingerprint density at radius 2 is 1.85 bits per heavy atom. The number of benzene rings is 1. The first-order valence-electron chi connectivity index (χ1n) is 6.07. The molecule has 0 radical (unpaired) electrons. The lowest BCUT2D eigenvalue weighted by Crippen LogP contribution is -1.99. The predicted molar refractivity (Wildman–Crippen MR) is 81.1 cm³/mol. The van der Waals surface area contributed by atoms with Crippen LogP contribution in [-0.2, 0) is 12.8 Å². The van der Waals surface area contributed by atoms with Crippen molar-refractivity contribution in [2.75, 3.05) is 11.5 Å². The molecule has 2 heterocycles. The van der Waals surface area contributed by atoms with Crippen molar-refractivity contribution in [2.45, 2.75) is 10.9 Å². The van der Waals surface area contributed by atoms with Crippen LogP contribution in [0.2, 0.25) is 0 Å². The van der Waals surface area contributed by atoms with Gasteiger partial charge < -0.3 is 11.5 Å². The summed E-state index contributed by atoms with van der Waals surface area (Å²) in [7, 11) is 1.94. The molecule has 6 nitrogen and oxygen atoms in total. The molecule has 0 fully saturated rings. The van der Waals surface area contributed by atoms with Gasteiger partial charge in [-0.1, -0.05) is 30.0 Å². The zero-order valence-corrected chi connectivity index (χ0v) is 11.8. The Morgan fingerprint density at radius 3 is 2.60 bits per heavy atom. The van der Waals surface area contributed by atoms with Crippen molar-refractivity contribution >= 4 is 34.3 Å². The number of para-hydroxylation sites is 1. The number of aromatic nitrogens is 4. The first kappa shape index (κ1) is 12.7. The predicted octanol–water partition coefficient (Wildman–Crippen LogP) is 1.82. The normalized spacial score (nSPS) is 11.1. The third-order valence-electron chi connectivity index (χ3n) is 2.92. The molecule has 0 spiro atoms. The van der Waals surface area contributed by atoms with E-state index in [2.05, 4.69) is 21.1 Å². The minimum atomic E-state index is 0.380. The number of nitrogens with zero attached hydrogens (tertiary/aromatic N) is 4. The quantitative estimate of drug-likeness (QED) is 0.563. The molecule has 0 aliphatic heterocycles. The Morgan fingerprint density at radius 1 is 1.15 bits per heavy atom. The molecule has 0 saturated carbocycles. The van der Waals surface area contributed by atoms with E-state index in [4.69, 9.17) is 11.5 Å². The molecule has 0 atom stereocenters. The number of aryl methyl sites for hydroxylation is 1. The van der Waals surface area contributed by atoms with Gasteiger partial charge in [-0.15, -0.1) is 0 Å². The third-order valence-corrected chi connectivity index (χ3v) is 3.78. The molecule has 3 rings (SSSR count). The van der Waals surface area contributed by atoms with Gasteiger partial charge in [0.2, 0.25) is 0 Å². The number of hydrogen-bond donors (Lipinski definition) is 2. The standard InChI is InChI=1S/C13H14N6S/c1-19-10-5-3-2-4-8(10)9(18-19)7-20-13-16-11(14)6-12(15)17-13/h2-6H,7H2,1H3,(H4,14,15,16,17). The molecule has 0 amide bonds. The molecule has 0 bridgehead atoms. The van der Waals surface area contributed by atoms with Crippen LogP contribution in [0.1, 0.15) is 5.69 Å². The van der Waals surface area contributed by atoms with Crippen molar-refractivity contribution < 1.29 is 0 Å². The van der Waals surface area contributed by atoms with Crippen LogP contribution in [0.5, 0.6) is 0 Å². The van der Waals surface area contributed by atoms with Gasteiger partial charge in [-0.2, -0.15) is 5.10 Å². The van der Waals surface area contributed by atoms with E-state index in [0.29, 0.717) is 22.5 Å². The van der Waals surface area contributed by atoms with Crippen molar-refractivity contribution in [1.29, 1.82) is 0 Å². The Labute approximate surface area is 120 Å². The summed E-state index contributed by atoms with van der Waals surface area (Å²) < 4.78 is 1.87. The molecule has 2 aromatic heterocycles. The minimum Gasteiger partial charge on any atom is -0.383 e. The lowest BCUT2D eigenvalue weighted by atomic mass is 10.2. The van der Waals surface area contributed by atoms with E-state index >= 15 is 0 Å². The summed E-state index contributed by atoms with van der Waals surface area (Å²) in [5, 5.41) is 6.23. The number of nitrogen functional groups attached to an aromatic ring is 2. The molecule has 7 heteroatoms. The SMILES string of the molecule is Cn1nc(CSc2nc(N)cc(N)n2)c2ccccc21. The highest BCUT2D eigenvalue weighted by molar-refractivity contribution is 7.98. The maximum absolute atomic E-state index is 5.66. The van der Waals surface area contributed by atoms with Gasteiger partial charge in [-0.05, 0) is 6.07 Å².